The normalized spacial score (nSPS) is 14.0. The zero-order valence-electron chi connectivity index (χ0n) is 11.5. The van der Waals surface area contributed by atoms with Crippen LogP contribution in [0.1, 0.15) is 29.5 Å². The maximum atomic E-state index is 12.2. The number of nitrogens with zero attached hydrogens (tertiary/aromatic N) is 2. The van der Waals surface area contributed by atoms with E-state index < -0.39 is 39.3 Å². The van der Waals surface area contributed by atoms with Crippen molar-refractivity contribution in [2.75, 3.05) is 0 Å². The molecule has 1 heterocycles. The quantitative estimate of drug-likeness (QED) is 0.841. The molecule has 1 unspecified atom stereocenters. The number of sulfone groups is 1. The summed E-state index contributed by atoms with van der Waals surface area (Å²) in [5.41, 5.74) is 0.581. The Hall–Kier alpha value is -1.90. The average Bonchev–Trinajstić information content (AvgIpc) is 2.83. The van der Waals surface area contributed by atoms with Gasteiger partial charge in [-0.1, -0.05) is 35.5 Å². The second-order valence-corrected chi connectivity index (χ2v) is 7.08. The highest BCUT2D eigenvalue weighted by molar-refractivity contribution is 7.90. The second-order valence-electron chi connectivity index (χ2n) is 4.76. The molecule has 2 aromatic rings. The first-order valence-corrected chi connectivity index (χ1v) is 8.03. The molecular weight excluding hydrogens is 321 g/mol. The van der Waals surface area contributed by atoms with Crippen molar-refractivity contribution in [1.82, 2.24) is 10.1 Å². The molecule has 22 heavy (non-hydrogen) atoms. The molecule has 0 radical (unpaired) electrons. The molecule has 120 valence electrons. The Bertz CT molecular complexity index is 726. The van der Waals surface area contributed by atoms with Gasteiger partial charge in [0.15, 0.2) is 15.7 Å². The van der Waals surface area contributed by atoms with E-state index in [1.165, 1.54) is 6.92 Å². The van der Waals surface area contributed by atoms with E-state index in [0.29, 0.717) is 5.56 Å². The maximum absolute atomic E-state index is 12.2. The Labute approximate surface area is 125 Å². The number of rotatable bonds is 5. The highest BCUT2D eigenvalue weighted by atomic mass is 32.2. The molecule has 0 bridgehead atoms. The SMILES string of the molecule is CC(c1ccccc1)S(=O)(=O)Cc1nc(CC(F)(F)F)no1. The summed E-state index contributed by atoms with van der Waals surface area (Å²) in [6, 6.07) is 8.48. The van der Waals surface area contributed by atoms with E-state index in [2.05, 4.69) is 14.7 Å². The predicted molar refractivity (Wildman–Crippen MR) is 71.5 cm³/mol. The van der Waals surface area contributed by atoms with Crippen molar-refractivity contribution in [3.8, 4) is 0 Å². The van der Waals surface area contributed by atoms with Gasteiger partial charge < -0.3 is 4.52 Å². The van der Waals surface area contributed by atoms with Crippen molar-refractivity contribution < 1.29 is 26.1 Å². The van der Waals surface area contributed by atoms with Gasteiger partial charge in [0.05, 0.1) is 5.25 Å². The third kappa shape index (κ3) is 4.30. The third-order valence-corrected chi connectivity index (χ3v) is 5.00. The Kier molecular flexibility index (Phi) is 4.55. The number of halogens is 3. The molecular formula is C13H13F3N2O3S. The van der Waals surface area contributed by atoms with E-state index in [9.17, 15) is 21.6 Å². The van der Waals surface area contributed by atoms with Gasteiger partial charge >= 0.3 is 6.18 Å². The molecule has 0 aliphatic heterocycles. The molecule has 0 aliphatic carbocycles. The Morgan fingerprint density at radius 2 is 1.86 bits per heavy atom. The smallest absolute Gasteiger partial charge is 0.338 e. The number of aromatic nitrogens is 2. The average molecular weight is 334 g/mol. The van der Waals surface area contributed by atoms with Crippen LogP contribution < -0.4 is 0 Å². The van der Waals surface area contributed by atoms with Crippen LogP contribution in [0.15, 0.2) is 34.9 Å². The Morgan fingerprint density at radius 3 is 2.45 bits per heavy atom. The molecule has 0 spiro atoms. The van der Waals surface area contributed by atoms with Crippen molar-refractivity contribution in [3.05, 3.63) is 47.6 Å². The minimum atomic E-state index is -4.47. The molecule has 0 saturated heterocycles. The highest BCUT2D eigenvalue weighted by Crippen LogP contribution is 2.25. The molecule has 0 amide bonds. The first-order chi connectivity index (χ1) is 10.2. The third-order valence-electron chi connectivity index (χ3n) is 3.00. The summed E-state index contributed by atoms with van der Waals surface area (Å²) in [5.74, 6) is -1.53. The Balaban J connectivity index is 2.12. The van der Waals surface area contributed by atoms with Crippen LogP contribution in [0.3, 0.4) is 0 Å². The number of hydrogen-bond acceptors (Lipinski definition) is 5. The van der Waals surface area contributed by atoms with Crippen LogP contribution in [0, 0.1) is 0 Å². The van der Waals surface area contributed by atoms with Gasteiger partial charge in [-0.05, 0) is 12.5 Å². The lowest BCUT2D eigenvalue weighted by molar-refractivity contribution is -0.128. The van der Waals surface area contributed by atoms with Gasteiger partial charge in [0.1, 0.15) is 12.2 Å². The zero-order chi connectivity index (χ0) is 16.4. The molecule has 1 aromatic carbocycles. The van der Waals surface area contributed by atoms with Gasteiger partial charge in [-0.2, -0.15) is 18.2 Å². The van der Waals surface area contributed by atoms with E-state index in [1.807, 2.05) is 0 Å². The monoisotopic (exact) mass is 334 g/mol. The van der Waals surface area contributed by atoms with Crippen LogP contribution in [0.4, 0.5) is 13.2 Å². The van der Waals surface area contributed by atoms with Crippen LogP contribution in [-0.4, -0.2) is 24.7 Å². The summed E-state index contributed by atoms with van der Waals surface area (Å²) in [7, 11) is -3.67. The van der Waals surface area contributed by atoms with Crippen LogP contribution in [0.2, 0.25) is 0 Å². The topological polar surface area (TPSA) is 73.1 Å². The molecule has 0 N–H and O–H groups in total. The van der Waals surface area contributed by atoms with Crippen molar-refractivity contribution in [1.29, 1.82) is 0 Å². The molecule has 0 fully saturated rings. The van der Waals surface area contributed by atoms with Gasteiger partial charge in [0, 0.05) is 0 Å². The first-order valence-electron chi connectivity index (χ1n) is 6.32. The molecule has 2 rings (SSSR count). The van der Waals surface area contributed by atoms with Gasteiger partial charge in [-0.15, -0.1) is 0 Å². The number of hydrogen-bond donors (Lipinski definition) is 0. The summed E-state index contributed by atoms with van der Waals surface area (Å²) in [6.45, 7) is 1.50. The lowest BCUT2D eigenvalue weighted by Gasteiger charge is -2.11. The zero-order valence-corrected chi connectivity index (χ0v) is 12.4. The largest absolute Gasteiger partial charge is 0.396 e. The van der Waals surface area contributed by atoms with Crippen LogP contribution in [0.25, 0.3) is 0 Å². The fourth-order valence-corrected chi connectivity index (χ4v) is 3.11. The minimum Gasteiger partial charge on any atom is -0.338 e. The van der Waals surface area contributed by atoms with Gasteiger partial charge in [-0.25, -0.2) is 8.42 Å². The minimum absolute atomic E-state index is 0.345. The van der Waals surface area contributed by atoms with Crippen LogP contribution >= 0.6 is 0 Å². The van der Waals surface area contributed by atoms with E-state index in [-0.39, 0.29) is 5.89 Å². The molecule has 0 saturated carbocycles. The van der Waals surface area contributed by atoms with Crippen LogP contribution in [-0.2, 0) is 22.0 Å². The highest BCUT2D eigenvalue weighted by Gasteiger charge is 2.31. The second kappa shape index (κ2) is 6.07. The van der Waals surface area contributed by atoms with E-state index >= 15 is 0 Å². The molecule has 9 heteroatoms. The van der Waals surface area contributed by atoms with E-state index in [4.69, 9.17) is 0 Å². The lowest BCUT2D eigenvalue weighted by atomic mass is 10.2. The number of benzene rings is 1. The van der Waals surface area contributed by atoms with E-state index in [0.717, 1.165) is 0 Å². The van der Waals surface area contributed by atoms with Crippen molar-refractivity contribution in [2.24, 2.45) is 0 Å². The fourth-order valence-electron chi connectivity index (χ4n) is 1.83. The molecule has 1 atom stereocenters. The fraction of sp³-hybridized carbons (Fsp3) is 0.385. The Morgan fingerprint density at radius 1 is 1.23 bits per heavy atom. The van der Waals surface area contributed by atoms with Crippen LogP contribution in [0.5, 0.6) is 0 Å². The molecule has 0 aliphatic rings. The summed E-state index contributed by atoms with van der Waals surface area (Å²) in [4.78, 5) is 3.48. The van der Waals surface area contributed by atoms with Gasteiger partial charge in [0.2, 0.25) is 5.89 Å². The van der Waals surface area contributed by atoms with Gasteiger partial charge in [0.25, 0.3) is 0 Å². The summed E-state index contributed by atoms with van der Waals surface area (Å²) in [5, 5.41) is 2.32. The lowest BCUT2D eigenvalue weighted by Crippen LogP contribution is -2.14. The van der Waals surface area contributed by atoms with Crippen molar-refractivity contribution in [2.45, 2.75) is 30.5 Å². The predicted octanol–water partition coefficient (Wildman–Crippen LogP) is 2.85. The van der Waals surface area contributed by atoms with Crippen molar-refractivity contribution in [3.63, 3.8) is 0 Å². The molecule has 5 nitrogen and oxygen atoms in total. The van der Waals surface area contributed by atoms with Crippen molar-refractivity contribution >= 4 is 9.84 Å². The maximum Gasteiger partial charge on any atom is 0.396 e. The number of alkyl halides is 3. The van der Waals surface area contributed by atoms with Gasteiger partial charge in [-0.3, -0.25) is 0 Å². The molecule has 1 aromatic heterocycles. The summed E-state index contributed by atoms with van der Waals surface area (Å²) < 4.78 is 65.7. The summed E-state index contributed by atoms with van der Waals surface area (Å²) >= 11 is 0. The standard InChI is InChI=1S/C13H13F3N2O3S/c1-9(10-5-3-2-4-6-10)22(19,20)8-12-17-11(18-21-12)7-13(14,15)16/h2-6,9H,7-8H2,1H3. The summed E-state index contributed by atoms with van der Waals surface area (Å²) in [6.07, 6.45) is -5.83. The van der Waals surface area contributed by atoms with E-state index in [1.54, 1.807) is 30.3 Å². The first kappa shape index (κ1) is 16.5.